The summed E-state index contributed by atoms with van der Waals surface area (Å²) in [4.78, 5) is 0. The van der Waals surface area contributed by atoms with Gasteiger partial charge in [0.05, 0.1) is 0 Å². The van der Waals surface area contributed by atoms with Gasteiger partial charge in [0.2, 0.25) is 5.69 Å². The molecule has 0 aromatic heterocycles. The van der Waals surface area contributed by atoms with Crippen molar-refractivity contribution in [1.82, 2.24) is 0 Å². The van der Waals surface area contributed by atoms with Crippen LogP contribution in [0.4, 0.5) is 18.6 Å². The molecular formula is C25H33BF3N. The molecule has 0 fully saturated rings. The van der Waals surface area contributed by atoms with Gasteiger partial charge >= 0.3 is 6.98 Å². The van der Waals surface area contributed by atoms with Gasteiger partial charge in [-0.15, -0.1) is 0 Å². The number of halogens is 3. The molecule has 0 N–H and O–H groups in total. The molecule has 0 spiro atoms. The maximum absolute atomic E-state index is 14.9. The summed E-state index contributed by atoms with van der Waals surface area (Å²) in [5.74, 6) is 0.250. The third kappa shape index (κ3) is 3.72. The molecule has 0 unspecified atom stereocenters. The molecule has 5 heteroatoms. The Morgan fingerprint density at radius 1 is 0.800 bits per heavy atom. The zero-order valence-corrected chi connectivity index (χ0v) is 19.1. The van der Waals surface area contributed by atoms with Crippen molar-refractivity contribution in [3.63, 3.8) is 0 Å². The molecule has 0 radical (unpaired) electrons. The molecule has 30 heavy (non-hydrogen) atoms. The van der Waals surface area contributed by atoms with E-state index in [4.69, 9.17) is 0 Å². The topological polar surface area (TPSA) is 3.01 Å². The van der Waals surface area contributed by atoms with Gasteiger partial charge in [-0.1, -0.05) is 76.2 Å². The van der Waals surface area contributed by atoms with E-state index < -0.39 is 23.5 Å². The van der Waals surface area contributed by atoms with Crippen LogP contribution in [0.25, 0.3) is 0 Å². The Bertz CT molecular complexity index is 932. The summed E-state index contributed by atoms with van der Waals surface area (Å²) < 4.78 is 46.3. The summed E-state index contributed by atoms with van der Waals surface area (Å²) in [5.41, 5.74) is 1.26. The Morgan fingerprint density at radius 3 is 1.73 bits per heavy atom. The molecule has 2 aromatic rings. The lowest BCUT2D eigenvalue weighted by molar-refractivity contribution is -0.515. The van der Waals surface area contributed by atoms with Gasteiger partial charge in [-0.25, -0.2) is 4.58 Å². The van der Waals surface area contributed by atoms with E-state index >= 15 is 0 Å². The maximum atomic E-state index is 14.9. The van der Waals surface area contributed by atoms with Crippen LogP contribution >= 0.6 is 0 Å². The highest BCUT2D eigenvalue weighted by Crippen LogP contribution is 2.50. The van der Waals surface area contributed by atoms with E-state index in [0.717, 1.165) is 22.4 Å². The normalized spacial score (nSPS) is 21.7. The van der Waals surface area contributed by atoms with Crippen LogP contribution in [0.1, 0.15) is 83.4 Å². The second-order valence-electron chi connectivity index (χ2n) is 10.1. The average molecular weight is 415 g/mol. The van der Waals surface area contributed by atoms with Crippen molar-refractivity contribution in [2.75, 3.05) is 0 Å². The smallest absolute Gasteiger partial charge is 0.441 e. The van der Waals surface area contributed by atoms with Gasteiger partial charge in [0.15, 0.2) is 5.54 Å². The Hall–Kier alpha value is -2.04. The third-order valence-electron chi connectivity index (χ3n) is 6.48. The van der Waals surface area contributed by atoms with E-state index in [1.165, 1.54) is 0 Å². The summed E-state index contributed by atoms with van der Waals surface area (Å²) in [6.07, 6.45) is 0.407. The molecule has 1 heterocycles. The van der Waals surface area contributed by atoms with Crippen molar-refractivity contribution in [3.05, 3.63) is 65.2 Å². The highest BCUT2D eigenvalue weighted by Gasteiger charge is 2.61. The predicted molar refractivity (Wildman–Crippen MR) is 121 cm³/mol. The minimum absolute atomic E-state index is 0.125. The molecule has 0 bridgehead atoms. The van der Waals surface area contributed by atoms with Crippen LogP contribution in [0.15, 0.2) is 48.5 Å². The van der Waals surface area contributed by atoms with Gasteiger partial charge in [-0.3, -0.25) is 0 Å². The van der Waals surface area contributed by atoms with Crippen LogP contribution in [0.3, 0.4) is 0 Å². The van der Waals surface area contributed by atoms with Crippen LogP contribution in [0.2, 0.25) is 0 Å². The van der Waals surface area contributed by atoms with Crippen LogP contribution in [-0.2, 0) is 5.41 Å². The fraction of sp³-hybridized carbons (Fsp3) is 0.480. The van der Waals surface area contributed by atoms with Gasteiger partial charge in [-0.2, -0.15) is 0 Å². The van der Waals surface area contributed by atoms with E-state index in [1.807, 2.05) is 62.4 Å². The maximum Gasteiger partial charge on any atom is 0.568 e. The van der Waals surface area contributed by atoms with Crippen molar-refractivity contribution in [1.29, 1.82) is 0 Å². The SMILES string of the molecule is CC(C)c1cccc(C(C)C)c1[N+]1=C([B-](F)(F)F)[C@@](C)(c2ccccc2)CC1(C)C. The standard InChI is InChI=1S/C25H33BF3N/c1-17(2)20-14-11-15-21(18(3)4)22(20)30-23(26(27,28)29)25(7,16-24(30,5)6)19-12-9-8-10-13-19/h8-15,17-18H,16H2,1-7H3/t25-/m1/s1. The molecule has 1 aliphatic heterocycles. The Kier molecular flexibility index (Phi) is 5.72. The molecule has 1 atom stereocenters. The first kappa shape index (κ1) is 22.6. The highest BCUT2D eigenvalue weighted by molar-refractivity contribution is 6.92. The minimum atomic E-state index is -5.21. The predicted octanol–water partition coefficient (Wildman–Crippen LogP) is 7.55. The first-order valence-corrected chi connectivity index (χ1v) is 10.9. The lowest BCUT2D eigenvalue weighted by Crippen LogP contribution is -2.46. The fourth-order valence-corrected chi connectivity index (χ4v) is 5.36. The molecule has 2 aromatic carbocycles. The Morgan fingerprint density at radius 2 is 1.30 bits per heavy atom. The minimum Gasteiger partial charge on any atom is -0.441 e. The number of hydrogen-bond donors (Lipinski definition) is 0. The number of para-hydroxylation sites is 1. The fourth-order valence-electron chi connectivity index (χ4n) is 5.36. The molecule has 1 nitrogen and oxygen atoms in total. The molecular weight excluding hydrogens is 382 g/mol. The van der Waals surface area contributed by atoms with Crippen molar-refractivity contribution >= 4 is 18.3 Å². The second kappa shape index (κ2) is 7.58. The number of rotatable bonds is 5. The molecule has 0 amide bonds. The van der Waals surface area contributed by atoms with E-state index in [0.29, 0.717) is 6.42 Å². The first-order chi connectivity index (χ1) is 13.8. The molecule has 1 aliphatic rings. The third-order valence-corrected chi connectivity index (χ3v) is 6.48. The Balaban J connectivity index is 2.49. The van der Waals surface area contributed by atoms with E-state index in [-0.39, 0.29) is 11.8 Å². The lowest BCUT2D eigenvalue weighted by atomic mass is 9.62. The second-order valence-corrected chi connectivity index (χ2v) is 10.1. The molecule has 0 aliphatic carbocycles. The molecule has 162 valence electrons. The summed E-state index contributed by atoms with van der Waals surface area (Å²) in [7, 11) is 0. The van der Waals surface area contributed by atoms with Crippen molar-refractivity contribution in [2.45, 2.75) is 77.7 Å². The van der Waals surface area contributed by atoms with E-state index in [2.05, 4.69) is 27.7 Å². The van der Waals surface area contributed by atoms with Crippen molar-refractivity contribution < 1.29 is 17.5 Å². The quantitative estimate of drug-likeness (QED) is 0.350. The van der Waals surface area contributed by atoms with Crippen LogP contribution in [0.5, 0.6) is 0 Å². The highest BCUT2D eigenvalue weighted by atomic mass is 19.4. The van der Waals surface area contributed by atoms with Crippen LogP contribution < -0.4 is 0 Å². The summed E-state index contributed by atoms with van der Waals surface area (Å²) >= 11 is 0. The van der Waals surface area contributed by atoms with E-state index in [9.17, 15) is 12.9 Å². The number of nitrogens with zero attached hydrogens (tertiary/aromatic N) is 1. The largest absolute Gasteiger partial charge is 0.568 e. The molecule has 0 saturated heterocycles. The van der Waals surface area contributed by atoms with Gasteiger partial charge in [0.1, 0.15) is 5.61 Å². The number of hydrogen-bond acceptors (Lipinski definition) is 0. The van der Waals surface area contributed by atoms with Crippen molar-refractivity contribution in [3.8, 4) is 0 Å². The summed E-state index contributed by atoms with van der Waals surface area (Å²) in [6.45, 7) is 8.67. The lowest BCUT2D eigenvalue weighted by Gasteiger charge is -2.29. The zero-order chi connectivity index (χ0) is 22.5. The molecule has 0 saturated carbocycles. The Labute approximate surface area is 179 Å². The summed E-state index contributed by atoms with van der Waals surface area (Å²) in [6, 6.07) is 15.1. The van der Waals surface area contributed by atoms with Crippen molar-refractivity contribution in [2.24, 2.45) is 0 Å². The first-order valence-electron chi connectivity index (χ1n) is 10.9. The van der Waals surface area contributed by atoms with Crippen LogP contribution in [-0.4, -0.2) is 22.7 Å². The molecule has 3 rings (SSSR count). The van der Waals surface area contributed by atoms with Gasteiger partial charge in [0.25, 0.3) is 0 Å². The van der Waals surface area contributed by atoms with Gasteiger partial charge < -0.3 is 12.9 Å². The van der Waals surface area contributed by atoms with Gasteiger partial charge in [0, 0.05) is 36.8 Å². The average Bonchev–Trinajstić information content (AvgIpc) is 2.87. The summed E-state index contributed by atoms with van der Waals surface area (Å²) in [5, 5.41) is 0. The zero-order valence-electron chi connectivity index (χ0n) is 19.1. The number of benzene rings is 2. The van der Waals surface area contributed by atoms with Gasteiger partial charge in [-0.05, 0) is 24.3 Å². The van der Waals surface area contributed by atoms with E-state index in [1.54, 1.807) is 11.5 Å². The van der Waals surface area contributed by atoms with Crippen LogP contribution in [0, 0.1) is 0 Å². The monoisotopic (exact) mass is 415 g/mol.